The minimum Gasteiger partial charge on any atom is -0.462 e. The zero-order valence-electron chi connectivity index (χ0n) is 42.9. The Hall–Kier alpha value is -3.75. The van der Waals surface area contributed by atoms with Crippen LogP contribution in [0.3, 0.4) is 0 Å². The van der Waals surface area contributed by atoms with Gasteiger partial charge in [0.05, 0.1) is 6.10 Å². The van der Waals surface area contributed by atoms with Gasteiger partial charge in [-0.15, -0.1) is 0 Å². The Morgan fingerprint density at radius 2 is 0.836 bits per heavy atom. The largest absolute Gasteiger partial charge is 0.462 e. The Balaban J connectivity index is 4.65. The first-order valence-corrected chi connectivity index (χ1v) is 27.1. The number of hydrogen-bond acceptors (Lipinski definition) is 8. The molecule has 0 fully saturated rings. The molecule has 0 aliphatic rings. The third kappa shape index (κ3) is 50.0. The van der Waals surface area contributed by atoms with E-state index in [-0.39, 0.29) is 37.7 Å². The van der Waals surface area contributed by atoms with Crippen LogP contribution in [0.1, 0.15) is 233 Å². The highest BCUT2D eigenvalue weighted by Gasteiger charge is 2.19. The number of carbonyl (C=O) groups is 3. The van der Waals surface area contributed by atoms with Crippen LogP contribution in [0.15, 0.2) is 97.2 Å². The van der Waals surface area contributed by atoms with Crippen LogP contribution in [0.2, 0.25) is 0 Å². The normalized spacial score (nSPS) is 13.3. The lowest BCUT2D eigenvalue weighted by atomic mass is 10.1. The monoisotopic (exact) mass is 935 g/mol. The molecule has 0 radical (unpaired) electrons. The maximum absolute atomic E-state index is 12.8. The summed E-state index contributed by atoms with van der Waals surface area (Å²) in [4.78, 5) is 42.4. The van der Waals surface area contributed by atoms with Gasteiger partial charge in [-0.3, -0.25) is 14.8 Å². The predicted octanol–water partition coefficient (Wildman–Crippen LogP) is 17.2. The van der Waals surface area contributed by atoms with E-state index in [1.165, 1.54) is 83.1 Å². The van der Waals surface area contributed by atoms with Crippen molar-refractivity contribution in [1.29, 1.82) is 0 Å². The van der Waals surface area contributed by atoms with E-state index in [0.29, 0.717) is 6.42 Å². The van der Waals surface area contributed by atoms with Crippen LogP contribution < -0.4 is 0 Å². The molecule has 0 amide bonds. The molecule has 382 valence electrons. The summed E-state index contributed by atoms with van der Waals surface area (Å²) < 4.78 is 16.6. The van der Waals surface area contributed by atoms with E-state index in [4.69, 9.17) is 19.5 Å². The number of ether oxygens (including phenoxy) is 3. The van der Waals surface area contributed by atoms with Gasteiger partial charge in [-0.1, -0.05) is 215 Å². The van der Waals surface area contributed by atoms with Crippen molar-refractivity contribution in [3.63, 3.8) is 0 Å². The summed E-state index contributed by atoms with van der Waals surface area (Å²) in [5, 5.41) is 8.93. The van der Waals surface area contributed by atoms with E-state index in [1.807, 2.05) is 36.5 Å². The molecule has 2 unspecified atom stereocenters. The van der Waals surface area contributed by atoms with E-state index < -0.39 is 12.1 Å². The van der Waals surface area contributed by atoms with Gasteiger partial charge < -0.3 is 14.2 Å². The third-order valence-electron chi connectivity index (χ3n) is 11.4. The van der Waals surface area contributed by atoms with Crippen molar-refractivity contribution in [2.75, 3.05) is 13.2 Å². The van der Waals surface area contributed by atoms with Gasteiger partial charge in [0.25, 0.3) is 0 Å². The molecule has 1 N–H and O–H groups in total. The molecule has 0 rings (SSSR count). The van der Waals surface area contributed by atoms with Crippen molar-refractivity contribution in [3.8, 4) is 0 Å². The predicted molar refractivity (Wildman–Crippen MR) is 282 cm³/mol. The van der Waals surface area contributed by atoms with Crippen molar-refractivity contribution in [2.24, 2.45) is 0 Å². The summed E-state index contributed by atoms with van der Waals surface area (Å²) in [6.45, 7) is 6.23. The second kappa shape index (κ2) is 53.2. The van der Waals surface area contributed by atoms with Gasteiger partial charge in [-0.2, -0.15) is 0 Å². The molecule has 0 aliphatic heterocycles. The molecule has 0 spiro atoms. The van der Waals surface area contributed by atoms with Gasteiger partial charge in [-0.05, 0) is 96.3 Å². The number of rotatable bonds is 48. The van der Waals surface area contributed by atoms with Gasteiger partial charge in [0.2, 0.25) is 0 Å². The fraction of sp³-hybridized carbons (Fsp3) is 0.678. The molecule has 0 saturated carbocycles. The van der Waals surface area contributed by atoms with Crippen LogP contribution in [0, 0.1) is 0 Å². The summed E-state index contributed by atoms with van der Waals surface area (Å²) in [6, 6.07) is 0. The van der Waals surface area contributed by atoms with E-state index in [2.05, 4.69) is 68.2 Å². The van der Waals surface area contributed by atoms with Crippen LogP contribution in [0.5, 0.6) is 0 Å². The van der Waals surface area contributed by atoms with Crippen LogP contribution in [0.4, 0.5) is 0 Å². The highest BCUT2D eigenvalue weighted by atomic mass is 17.1. The second-order valence-corrected chi connectivity index (χ2v) is 17.8. The molecule has 8 nitrogen and oxygen atoms in total. The Morgan fingerprint density at radius 1 is 0.403 bits per heavy atom. The number of hydrogen-bond donors (Lipinski definition) is 1. The Kier molecular flexibility index (Phi) is 50.2. The smallest absolute Gasteiger partial charge is 0.330 e. The fourth-order valence-electron chi connectivity index (χ4n) is 7.34. The first-order chi connectivity index (χ1) is 33.0. The molecular formula is C59H98O8. The van der Waals surface area contributed by atoms with Gasteiger partial charge in [0.1, 0.15) is 13.2 Å². The van der Waals surface area contributed by atoms with Crippen molar-refractivity contribution in [3.05, 3.63) is 97.2 Å². The van der Waals surface area contributed by atoms with Crippen molar-refractivity contribution in [2.45, 2.75) is 245 Å². The van der Waals surface area contributed by atoms with Crippen LogP contribution >= 0.6 is 0 Å². The molecule has 0 aliphatic carbocycles. The van der Waals surface area contributed by atoms with Crippen LogP contribution in [0.25, 0.3) is 0 Å². The standard InChI is InChI=1S/C59H98O8/c1-4-7-9-11-13-15-17-19-21-25-29-33-37-41-45-50-57(60)64-53-56(66-59(62)52-47-43-39-35-31-26-22-20-18-16-14-12-10-8-5-2)54-65-58(61)51-46-42-38-34-30-27-23-24-28-32-36-40-44-49-55(67-63)48-6-3/h14,16,19-24,27-28,30,34,38,42,46,51,55-56,63H,4-13,15,17-18,25-26,29,31-33,35-37,39-41,43-45,47-50,52-54H2,1-3H3/b16-14-,21-19-,22-20-,27-23?,28-24?,34-30?,42-38?,51-46?. The molecule has 0 heterocycles. The lowest BCUT2D eigenvalue weighted by molar-refractivity contribution is -0.281. The SMILES string of the molecule is CCCCC/C=C\C/C=C\CCCCCCCC(=O)OC(COC(=O)C=CC=CC=CC=CC=CCCCCCC(CCC)OO)COC(=O)CCCCCCC/C=C\CCCCCCCC. The average molecular weight is 935 g/mol. The maximum atomic E-state index is 12.8. The number of esters is 3. The Bertz CT molecular complexity index is 1370. The fourth-order valence-corrected chi connectivity index (χ4v) is 7.34. The number of allylic oxidation sites excluding steroid dienone is 15. The molecule has 2 atom stereocenters. The highest BCUT2D eigenvalue weighted by molar-refractivity contribution is 5.82. The molecule has 0 aromatic carbocycles. The first kappa shape index (κ1) is 63.2. The zero-order chi connectivity index (χ0) is 48.8. The van der Waals surface area contributed by atoms with E-state index in [9.17, 15) is 14.4 Å². The lowest BCUT2D eigenvalue weighted by Gasteiger charge is -2.18. The zero-order valence-corrected chi connectivity index (χ0v) is 42.9. The quantitative estimate of drug-likeness (QED) is 0.00939. The maximum Gasteiger partial charge on any atom is 0.330 e. The van der Waals surface area contributed by atoms with Crippen LogP contribution in [-0.4, -0.2) is 48.6 Å². The highest BCUT2D eigenvalue weighted by Crippen LogP contribution is 2.14. The van der Waals surface area contributed by atoms with E-state index in [0.717, 1.165) is 122 Å². The average Bonchev–Trinajstić information content (AvgIpc) is 3.33. The molecule has 0 bridgehead atoms. The molecule has 8 heteroatoms. The van der Waals surface area contributed by atoms with Crippen molar-refractivity contribution >= 4 is 17.9 Å². The summed E-state index contributed by atoms with van der Waals surface area (Å²) >= 11 is 0. The minimum atomic E-state index is -0.870. The van der Waals surface area contributed by atoms with Gasteiger partial charge >= 0.3 is 17.9 Å². The van der Waals surface area contributed by atoms with Crippen LogP contribution in [-0.2, 0) is 33.5 Å². The summed E-state index contributed by atoms with van der Waals surface area (Å²) in [6.07, 6.45) is 66.3. The molecule has 0 aromatic heterocycles. The first-order valence-electron chi connectivity index (χ1n) is 27.1. The third-order valence-corrected chi connectivity index (χ3v) is 11.4. The molecule has 0 aromatic rings. The van der Waals surface area contributed by atoms with Gasteiger partial charge in [-0.25, -0.2) is 9.68 Å². The summed E-state index contributed by atoms with van der Waals surface area (Å²) in [5.41, 5.74) is 0. The van der Waals surface area contributed by atoms with Gasteiger partial charge in [0.15, 0.2) is 6.10 Å². The topological polar surface area (TPSA) is 108 Å². The Morgan fingerprint density at radius 3 is 1.40 bits per heavy atom. The number of unbranched alkanes of at least 4 members (excludes halogenated alkanes) is 22. The number of carbonyl (C=O) groups excluding carboxylic acids is 3. The van der Waals surface area contributed by atoms with Gasteiger partial charge in [0, 0.05) is 18.9 Å². The van der Waals surface area contributed by atoms with E-state index >= 15 is 0 Å². The van der Waals surface area contributed by atoms with E-state index in [1.54, 1.807) is 12.2 Å². The summed E-state index contributed by atoms with van der Waals surface area (Å²) in [5.74, 6) is -1.28. The molecular weight excluding hydrogens is 837 g/mol. The Labute approximate surface area is 410 Å². The van der Waals surface area contributed by atoms with Crippen molar-refractivity contribution < 1.29 is 38.7 Å². The molecule has 67 heavy (non-hydrogen) atoms. The lowest BCUT2D eigenvalue weighted by Crippen LogP contribution is -2.30. The molecule has 0 saturated heterocycles. The van der Waals surface area contributed by atoms with Crippen molar-refractivity contribution in [1.82, 2.24) is 0 Å². The summed E-state index contributed by atoms with van der Waals surface area (Å²) in [7, 11) is 0. The minimum absolute atomic E-state index is 0.0398. The second-order valence-electron chi connectivity index (χ2n) is 17.8.